The number of fused-ring (bicyclic) bond motifs is 1. The Balaban J connectivity index is 1.73. The molecule has 0 bridgehead atoms. The van der Waals surface area contributed by atoms with Gasteiger partial charge in [0.15, 0.2) is 0 Å². The average molecular weight is 349 g/mol. The van der Waals surface area contributed by atoms with E-state index in [1.54, 1.807) is 42.7 Å². The van der Waals surface area contributed by atoms with Crippen molar-refractivity contribution in [2.24, 2.45) is 0 Å². The summed E-state index contributed by atoms with van der Waals surface area (Å²) in [5.41, 5.74) is 2.22. The molecule has 0 spiro atoms. The van der Waals surface area contributed by atoms with Crippen LogP contribution in [0.4, 0.5) is 0 Å². The molecule has 0 aliphatic carbocycles. The summed E-state index contributed by atoms with van der Waals surface area (Å²) < 4.78 is 5.30. The van der Waals surface area contributed by atoms with Crippen LogP contribution in [0.3, 0.4) is 0 Å². The summed E-state index contributed by atoms with van der Waals surface area (Å²) in [7, 11) is 1.61. The molecule has 6 heteroatoms. The predicted molar refractivity (Wildman–Crippen MR) is 96.9 cm³/mol. The van der Waals surface area contributed by atoms with Crippen LogP contribution in [-0.4, -0.2) is 45.6 Å². The van der Waals surface area contributed by atoms with E-state index in [2.05, 4.69) is 9.97 Å². The molecule has 1 fully saturated rings. The van der Waals surface area contributed by atoms with Crippen LogP contribution in [0.1, 0.15) is 28.4 Å². The van der Waals surface area contributed by atoms with Crippen LogP contribution in [-0.2, 0) is 0 Å². The number of carbonyl (C=O) groups is 1. The van der Waals surface area contributed by atoms with Gasteiger partial charge < -0.3 is 14.7 Å². The van der Waals surface area contributed by atoms with E-state index in [1.165, 1.54) is 0 Å². The van der Waals surface area contributed by atoms with Gasteiger partial charge in [-0.05, 0) is 36.2 Å². The third-order valence-electron chi connectivity index (χ3n) is 4.79. The van der Waals surface area contributed by atoms with Crippen molar-refractivity contribution in [1.29, 1.82) is 0 Å². The molecule has 3 heterocycles. The van der Waals surface area contributed by atoms with E-state index in [1.807, 2.05) is 24.3 Å². The quantitative estimate of drug-likeness (QED) is 0.787. The van der Waals surface area contributed by atoms with Crippen LogP contribution < -0.4 is 4.74 Å². The summed E-state index contributed by atoms with van der Waals surface area (Å²) in [5.74, 6) is 0.601. The molecule has 1 aromatic carbocycles. The predicted octanol–water partition coefficient (Wildman–Crippen LogP) is 2.59. The number of likely N-dealkylation sites (tertiary alicyclic amines) is 1. The molecule has 0 unspecified atom stereocenters. The maximum Gasteiger partial charge on any atom is 0.255 e. The highest BCUT2D eigenvalue weighted by Crippen LogP contribution is 2.35. The summed E-state index contributed by atoms with van der Waals surface area (Å²) in [6.07, 6.45) is 4.88. The summed E-state index contributed by atoms with van der Waals surface area (Å²) in [6.45, 7) is 0.296. The monoisotopic (exact) mass is 349 g/mol. The zero-order valence-corrected chi connectivity index (χ0v) is 14.4. The maximum absolute atomic E-state index is 13.3. The van der Waals surface area contributed by atoms with Crippen LogP contribution in [0.5, 0.6) is 5.75 Å². The Morgan fingerprint density at radius 1 is 1.27 bits per heavy atom. The van der Waals surface area contributed by atoms with Crippen LogP contribution in [0.2, 0.25) is 0 Å². The molecule has 1 saturated heterocycles. The van der Waals surface area contributed by atoms with Crippen LogP contribution >= 0.6 is 0 Å². The van der Waals surface area contributed by atoms with Crippen molar-refractivity contribution in [3.8, 4) is 5.75 Å². The zero-order valence-electron chi connectivity index (χ0n) is 14.4. The van der Waals surface area contributed by atoms with Gasteiger partial charge in [-0.3, -0.25) is 14.8 Å². The van der Waals surface area contributed by atoms with E-state index >= 15 is 0 Å². The molecule has 6 nitrogen and oxygen atoms in total. The number of β-amino-alcohol motifs (C(OH)–C–C–N with tert-alkyl or cyclic N) is 1. The Morgan fingerprint density at radius 3 is 3.00 bits per heavy atom. The molecule has 0 saturated carbocycles. The molecule has 26 heavy (non-hydrogen) atoms. The van der Waals surface area contributed by atoms with Gasteiger partial charge in [-0.15, -0.1) is 0 Å². The Morgan fingerprint density at radius 2 is 2.15 bits per heavy atom. The molecule has 4 rings (SSSR count). The van der Waals surface area contributed by atoms with Crippen LogP contribution in [0, 0.1) is 0 Å². The number of rotatable bonds is 3. The highest BCUT2D eigenvalue weighted by molar-refractivity contribution is 6.06. The SMILES string of the molecule is COc1cccc([C@@H]2C[C@@H](O)CN2C(=O)c2ccnc3ccncc23)c1. The van der Waals surface area contributed by atoms with Crippen molar-refractivity contribution in [1.82, 2.24) is 14.9 Å². The first kappa shape index (κ1) is 16.5. The second kappa shape index (κ2) is 6.72. The van der Waals surface area contributed by atoms with Gasteiger partial charge in [0.25, 0.3) is 5.91 Å². The van der Waals surface area contributed by atoms with Crippen molar-refractivity contribution in [2.45, 2.75) is 18.6 Å². The van der Waals surface area contributed by atoms with Gasteiger partial charge in [0.1, 0.15) is 5.75 Å². The number of hydrogen-bond donors (Lipinski definition) is 1. The third kappa shape index (κ3) is 2.88. The van der Waals surface area contributed by atoms with Gasteiger partial charge in [0, 0.05) is 30.5 Å². The molecule has 2 atom stereocenters. The summed E-state index contributed by atoms with van der Waals surface area (Å²) >= 11 is 0. The van der Waals surface area contributed by atoms with Gasteiger partial charge in [-0.25, -0.2) is 0 Å². The largest absolute Gasteiger partial charge is 0.497 e. The lowest BCUT2D eigenvalue weighted by atomic mass is 10.0. The highest BCUT2D eigenvalue weighted by Gasteiger charge is 2.36. The van der Waals surface area contributed by atoms with Gasteiger partial charge in [0.05, 0.1) is 30.3 Å². The number of methoxy groups -OCH3 is 1. The summed E-state index contributed by atoms with van der Waals surface area (Å²) in [5, 5.41) is 10.9. The Hall–Kier alpha value is -2.99. The van der Waals surface area contributed by atoms with Crippen molar-refractivity contribution < 1.29 is 14.6 Å². The van der Waals surface area contributed by atoms with Gasteiger partial charge in [0.2, 0.25) is 0 Å². The van der Waals surface area contributed by atoms with E-state index in [0.29, 0.717) is 23.9 Å². The number of benzene rings is 1. The van der Waals surface area contributed by atoms with E-state index in [-0.39, 0.29) is 11.9 Å². The first-order valence-corrected chi connectivity index (χ1v) is 8.49. The van der Waals surface area contributed by atoms with E-state index in [4.69, 9.17) is 4.74 Å². The number of aromatic nitrogens is 2. The smallest absolute Gasteiger partial charge is 0.255 e. The molecule has 1 amide bonds. The number of ether oxygens (including phenoxy) is 1. The minimum atomic E-state index is -0.554. The zero-order chi connectivity index (χ0) is 18.1. The van der Waals surface area contributed by atoms with Crippen molar-refractivity contribution in [2.75, 3.05) is 13.7 Å². The number of hydrogen-bond acceptors (Lipinski definition) is 5. The van der Waals surface area contributed by atoms with Crippen LogP contribution in [0.25, 0.3) is 10.9 Å². The lowest BCUT2D eigenvalue weighted by Crippen LogP contribution is -2.32. The van der Waals surface area contributed by atoms with Gasteiger partial charge in [-0.2, -0.15) is 0 Å². The van der Waals surface area contributed by atoms with Crippen molar-refractivity contribution in [3.05, 3.63) is 66.1 Å². The first-order valence-electron chi connectivity index (χ1n) is 8.49. The molecular formula is C20H19N3O3. The fourth-order valence-corrected chi connectivity index (χ4v) is 3.53. The molecule has 1 N–H and O–H groups in total. The summed E-state index contributed by atoms with van der Waals surface area (Å²) in [6, 6.07) is 10.9. The van der Waals surface area contributed by atoms with E-state index < -0.39 is 6.10 Å². The number of carbonyl (C=O) groups excluding carboxylic acids is 1. The van der Waals surface area contributed by atoms with Crippen molar-refractivity contribution >= 4 is 16.8 Å². The fraction of sp³-hybridized carbons (Fsp3) is 0.250. The fourth-order valence-electron chi connectivity index (χ4n) is 3.53. The van der Waals surface area contributed by atoms with Gasteiger partial charge >= 0.3 is 0 Å². The maximum atomic E-state index is 13.3. The molecule has 0 radical (unpaired) electrons. The normalized spacial score (nSPS) is 19.7. The Bertz CT molecular complexity index is 954. The van der Waals surface area contributed by atoms with Crippen LogP contribution in [0.15, 0.2) is 55.0 Å². The van der Waals surface area contributed by atoms with E-state index in [0.717, 1.165) is 16.8 Å². The summed E-state index contributed by atoms with van der Waals surface area (Å²) in [4.78, 5) is 23.4. The molecule has 1 aliphatic heterocycles. The number of nitrogens with zero attached hydrogens (tertiary/aromatic N) is 3. The molecule has 3 aromatic rings. The molecule has 1 aliphatic rings. The lowest BCUT2D eigenvalue weighted by molar-refractivity contribution is 0.0717. The topological polar surface area (TPSA) is 75.6 Å². The second-order valence-electron chi connectivity index (χ2n) is 6.39. The standard InChI is InChI=1S/C20H19N3O3/c1-26-15-4-2-3-13(9-15)19-10-14(24)12-23(19)20(25)16-5-8-22-18-6-7-21-11-17(16)18/h2-9,11,14,19,24H,10,12H2,1H3/t14-,19+/m1/s1. The minimum Gasteiger partial charge on any atom is -0.497 e. The lowest BCUT2D eigenvalue weighted by Gasteiger charge is -2.25. The molecule has 2 aromatic heterocycles. The van der Waals surface area contributed by atoms with E-state index in [9.17, 15) is 9.90 Å². The number of amides is 1. The Kier molecular flexibility index (Phi) is 4.26. The van der Waals surface area contributed by atoms with Crippen molar-refractivity contribution in [3.63, 3.8) is 0 Å². The average Bonchev–Trinajstić information content (AvgIpc) is 3.09. The first-order chi connectivity index (χ1) is 12.7. The molecule has 132 valence electrons. The minimum absolute atomic E-state index is 0.130. The van der Waals surface area contributed by atoms with Gasteiger partial charge in [-0.1, -0.05) is 12.1 Å². The number of aliphatic hydroxyl groups excluding tert-OH is 1. The Labute approximate surface area is 151 Å². The number of pyridine rings is 2. The number of aliphatic hydroxyl groups is 1. The third-order valence-corrected chi connectivity index (χ3v) is 4.79. The second-order valence-corrected chi connectivity index (χ2v) is 6.39. The molecular weight excluding hydrogens is 330 g/mol. The highest BCUT2D eigenvalue weighted by atomic mass is 16.5.